The van der Waals surface area contributed by atoms with E-state index in [2.05, 4.69) is 83.2 Å². The van der Waals surface area contributed by atoms with Gasteiger partial charge in [0.05, 0.1) is 5.52 Å². The van der Waals surface area contributed by atoms with Crippen LogP contribution in [-0.4, -0.2) is 11.5 Å². The summed E-state index contributed by atoms with van der Waals surface area (Å²) in [5, 5.41) is 10.6. The van der Waals surface area contributed by atoms with Crippen LogP contribution < -0.4 is 10.6 Å². The lowest BCUT2D eigenvalue weighted by atomic mass is 10.1. The average Bonchev–Trinajstić information content (AvgIpc) is 2.71. The van der Waals surface area contributed by atoms with Gasteiger partial charge in [-0.1, -0.05) is 44.0 Å². The predicted octanol–water partition coefficient (Wildman–Crippen LogP) is 6.73. The fraction of sp³-hybridized carbons (Fsp3) is 0.208. The van der Waals surface area contributed by atoms with Gasteiger partial charge in [0.1, 0.15) is 0 Å². The van der Waals surface area contributed by atoms with Crippen molar-refractivity contribution in [2.24, 2.45) is 0 Å². The summed E-state index contributed by atoms with van der Waals surface area (Å²) in [6, 6.07) is 23.3. The molecule has 0 amide bonds. The van der Waals surface area contributed by atoms with E-state index in [-0.39, 0.29) is 0 Å². The first kappa shape index (κ1) is 17.3. The van der Waals surface area contributed by atoms with Gasteiger partial charge in [-0.2, -0.15) is 0 Å². The monoisotopic (exact) mass is 355 g/mol. The Hall–Kier alpha value is -3.07. The van der Waals surface area contributed by atoms with Crippen LogP contribution in [-0.2, 0) is 0 Å². The van der Waals surface area contributed by atoms with Crippen molar-refractivity contribution in [3.63, 3.8) is 0 Å². The second kappa shape index (κ2) is 8.09. The molecule has 0 radical (unpaired) electrons. The minimum absolute atomic E-state index is 1.01. The molecule has 1 heterocycles. The number of benzene rings is 3. The zero-order valence-electron chi connectivity index (χ0n) is 15.7. The highest BCUT2D eigenvalue weighted by molar-refractivity contribution is 6.02. The third-order valence-corrected chi connectivity index (χ3v) is 4.88. The van der Waals surface area contributed by atoms with Gasteiger partial charge in [-0.3, -0.25) is 4.98 Å². The lowest BCUT2D eigenvalue weighted by Gasteiger charge is -2.12. The van der Waals surface area contributed by atoms with Crippen molar-refractivity contribution in [3.8, 4) is 0 Å². The minimum Gasteiger partial charge on any atom is -0.385 e. The van der Waals surface area contributed by atoms with Crippen molar-refractivity contribution in [1.82, 2.24) is 4.98 Å². The Morgan fingerprint density at radius 1 is 0.815 bits per heavy atom. The quantitative estimate of drug-likeness (QED) is 0.285. The molecule has 0 aliphatic carbocycles. The normalized spacial score (nSPS) is 11.0. The van der Waals surface area contributed by atoms with Crippen LogP contribution in [0.2, 0.25) is 0 Å². The van der Waals surface area contributed by atoms with Gasteiger partial charge in [0.15, 0.2) is 0 Å². The Kier molecular flexibility index (Phi) is 5.20. The highest BCUT2D eigenvalue weighted by Crippen LogP contribution is 2.29. The zero-order valence-corrected chi connectivity index (χ0v) is 15.7. The minimum atomic E-state index is 1.01. The summed E-state index contributed by atoms with van der Waals surface area (Å²) in [7, 11) is 0. The molecule has 0 aliphatic rings. The molecule has 3 aromatic carbocycles. The number of aromatic nitrogens is 1. The SMILES string of the molecule is CCCCCNc1ccc(Nc2ccnc3cc4ccccc4cc23)cc1. The van der Waals surface area contributed by atoms with Crippen LogP contribution in [0.3, 0.4) is 0 Å². The maximum absolute atomic E-state index is 4.55. The third kappa shape index (κ3) is 4.03. The van der Waals surface area contributed by atoms with Crippen molar-refractivity contribution < 1.29 is 0 Å². The lowest BCUT2D eigenvalue weighted by Crippen LogP contribution is -2.01. The molecule has 0 fully saturated rings. The lowest BCUT2D eigenvalue weighted by molar-refractivity contribution is 0.744. The Labute approximate surface area is 160 Å². The summed E-state index contributed by atoms with van der Waals surface area (Å²) in [6.45, 7) is 3.26. The van der Waals surface area contributed by atoms with Crippen LogP contribution in [0.1, 0.15) is 26.2 Å². The zero-order chi connectivity index (χ0) is 18.5. The Morgan fingerprint density at radius 3 is 2.33 bits per heavy atom. The Balaban J connectivity index is 1.55. The van der Waals surface area contributed by atoms with Crippen LogP contribution in [0.4, 0.5) is 17.1 Å². The summed E-state index contributed by atoms with van der Waals surface area (Å²) in [5.41, 5.74) is 4.33. The highest BCUT2D eigenvalue weighted by atomic mass is 14.9. The van der Waals surface area contributed by atoms with E-state index in [1.54, 1.807) is 0 Å². The van der Waals surface area contributed by atoms with Gasteiger partial charge in [0.25, 0.3) is 0 Å². The largest absolute Gasteiger partial charge is 0.385 e. The fourth-order valence-electron chi connectivity index (χ4n) is 3.38. The van der Waals surface area contributed by atoms with E-state index in [4.69, 9.17) is 0 Å². The molecule has 0 atom stereocenters. The standard InChI is InChI=1S/C24H25N3/c1-2-3-6-14-25-20-9-11-21(12-10-20)27-23-13-15-26-24-17-19-8-5-4-7-18(19)16-22(23)24/h4-5,7-13,15-17,25H,2-3,6,14H2,1H3,(H,26,27). The van der Waals surface area contributed by atoms with Crippen LogP contribution in [0, 0.1) is 0 Å². The molecule has 27 heavy (non-hydrogen) atoms. The predicted molar refractivity (Wildman–Crippen MR) is 117 cm³/mol. The molecular formula is C24H25N3. The molecule has 3 heteroatoms. The first-order valence-corrected chi connectivity index (χ1v) is 9.72. The molecule has 4 aromatic rings. The second-order valence-electron chi connectivity index (χ2n) is 6.91. The van der Waals surface area contributed by atoms with Gasteiger partial charge in [-0.05, 0) is 59.7 Å². The van der Waals surface area contributed by atoms with E-state index in [1.165, 1.54) is 35.7 Å². The number of hydrogen-bond donors (Lipinski definition) is 2. The van der Waals surface area contributed by atoms with Gasteiger partial charge in [0.2, 0.25) is 0 Å². The van der Waals surface area contributed by atoms with Crippen LogP contribution in [0.15, 0.2) is 72.9 Å². The molecule has 0 aliphatic heterocycles. The van der Waals surface area contributed by atoms with Gasteiger partial charge >= 0.3 is 0 Å². The first-order chi connectivity index (χ1) is 13.3. The smallest absolute Gasteiger partial charge is 0.0729 e. The van der Waals surface area contributed by atoms with Crippen molar-refractivity contribution in [1.29, 1.82) is 0 Å². The summed E-state index contributed by atoms with van der Waals surface area (Å²) >= 11 is 0. The number of pyridine rings is 1. The highest BCUT2D eigenvalue weighted by Gasteiger charge is 2.05. The van der Waals surface area contributed by atoms with Gasteiger partial charge in [-0.25, -0.2) is 0 Å². The second-order valence-corrected chi connectivity index (χ2v) is 6.91. The number of fused-ring (bicyclic) bond motifs is 2. The first-order valence-electron chi connectivity index (χ1n) is 9.72. The van der Waals surface area contributed by atoms with E-state index >= 15 is 0 Å². The van der Waals surface area contributed by atoms with E-state index in [1.807, 2.05) is 12.3 Å². The van der Waals surface area contributed by atoms with Crippen molar-refractivity contribution >= 4 is 38.7 Å². The molecule has 0 saturated carbocycles. The summed E-state index contributed by atoms with van der Waals surface area (Å²) in [5.74, 6) is 0. The summed E-state index contributed by atoms with van der Waals surface area (Å²) < 4.78 is 0. The van der Waals surface area contributed by atoms with E-state index in [9.17, 15) is 0 Å². The molecule has 3 nitrogen and oxygen atoms in total. The molecule has 0 spiro atoms. The Bertz CT molecular complexity index is 1040. The van der Waals surface area contributed by atoms with E-state index < -0.39 is 0 Å². The Morgan fingerprint density at radius 2 is 1.56 bits per heavy atom. The van der Waals surface area contributed by atoms with Crippen molar-refractivity contribution in [2.45, 2.75) is 26.2 Å². The molecule has 2 N–H and O–H groups in total. The molecule has 0 saturated heterocycles. The molecular weight excluding hydrogens is 330 g/mol. The molecule has 136 valence electrons. The van der Waals surface area contributed by atoms with Crippen molar-refractivity contribution in [3.05, 3.63) is 72.9 Å². The third-order valence-electron chi connectivity index (χ3n) is 4.88. The van der Waals surface area contributed by atoms with E-state index in [0.717, 1.165) is 28.8 Å². The van der Waals surface area contributed by atoms with Gasteiger partial charge in [-0.15, -0.1) is 0 Å². The number of rotatable bonds is 7. The maximum Gasteiger partial charge on any atom is 0.0729 e. The molecule has 1 aromatic heterocycles. The number of nitrogens with one attached hydrogen (secondary N) is 2. The fourth-order valence-corrected chi connectivity index (χ4v) is 3.38. The number of anilines is 3. The van der Waals surface area contributed by atoms with Gasteiger partial charge < -0.3 is 10.6 Å². The molecule has 4 rings (SSSR count). The van der Waals surface area contributed by atoms with Crippen molar-refractivity contribution in [2.75, 3.05) is 17.2 Å². The maximum atomic E-state index is 4.55. The number of hydrogen-bond acceptors (Lipinski definition) is 3. The average molecular weight is 355 g/mol. The molecule has 0 unspecified atom stereocenters. The van der Waals surface area contributed by atoms with E-state index in [0.29, 0.717) is 0 Å². The number of nitrogens with zero attached hydrogens (tertiary/aromatic N) is 1. The topological polar surface area (TPSA) is 37.0 Å². The molecule has 0 bridgehead atoms. The number of unbranched alkanes of at least 4 members (excludes halogenated alkanes) is 2. The van der Waals surface area contributed by atoms with Gasteiger partial charge in [0, 0.05) is 35.2 Å². The van der Waals surface area contributed by atoms with Crippen LogP contribution in [0.5, 0.6) is 0 Å². The van der Waals surface area contributed by atoms with Crippen LogP contribution in [0.25, 0.3) is 21.7 Å². The summed E-state index contributed by atoms with van der Waals surface area (Å²) in [4.78, 5) is 4.55. The van der Waals surface area contributed by atoms with Crippen LogP contribution >= 0.6 is 0 Å². The summed E-state index contributed by atoms with van der Waals surface area (Å²) in [6.07, 6.45) is 5.60.